The number of carbonyl (C=O) groups is 2. The standard InChI is InChI=1S/C12H15FN4O2/c1-14-11-9(4-7(13)5-15-11)12(19)16-6-10(18)17-8-2-3-8/h4-5,8H,2-3,6H2,1H3,(H,14,15)(H,16,19)(H,17,18). The Kier molecular flexibility index (Phi) is 3.94. The van der Waals surface area contributed by atoms with Gasteiger partial charge in [0.15, 0.2) is 0 Å². The molecule has 1 fully saturated rings. The first-order chi connectivity index (χ1) is 9.10. The smallest absolute Gasteiger partial charge is 0.255 e. The lowest BCUT2D eigenvalue weighted by Gasteiger charge is -2.09. The van der Waals surface area contributed by atoms with Crippen molar-refractivity contribution < 1.29 is 14.0 Å². The van der Waals surface area contributed by atoms with E-state index in [2.05, 4.69) is 20.9 Å². The van der Waals surface area contributed by atoms with Crippen LogP contribution < -0.4 is 16.0 Å². The van der Waals surface area contributed by atoms with Crippen LogP contribution >= 0.6 is 0 Å². The number of pyridine rings is 1. The van der Waals surface area contributed by atoms with E-state index in [0.717, 1.165) is 25.1 Å². The van der Waals surface area contributed by atoms with Gasteiger partial charge in [0.2, 0.25) is 5.91 Å². The number of amides is 2. The second-order valence-corrected chi connectivity index (χ2v) is 4.32. The molecule has 1 aliphatic rings. The van der Waals surface area contributed by atoms with Gasteiger partial charge in [0, 0.05) is 13.1 Å². The zero-order chi connectivity index (χ0) is 13.8. The van der Waals surface area contributed by atoms with Gasteiger partial charge in [0.25, 0.3) is 5.91 Å². The number of halogens is 1. The molecule has 0 radical (unpaired) electrons. The Morgan fingerprint density at radius 1 is 1.47 bits per heavy atom. The number of nitrogens with one attached hydrogen (secondary N) is 3. The molecule has 3 N–H and O–H groups in total. The van der Waals surface area contributed by atoms with Crippen LogP contribution in [-0.4, -0.2) is 36.4 Å². The second-order valence-electron chi connectivity index (χ2n) is 4.32. The molecule has 1 aromatic heterocycles. The Morgan fingerprint density at radius 3 is 2.84 bits per heavy atom. The number of anilines is 1. The minimum atomic E-state index is -0.605. The van der Waals surface area contributed by atoms with Crippen molar-refractivity contribution in [2.45, 2.75) is 18.9 Å². The van der Waals surface area contributed by atoms with E-state index in [1.54, 1.807) is 7.05 Å². The number of hydrogen-bond acceptors (Lipinski definition) is 4. The van der Waals surface area contributed by atoms with E-state index in [9.17, 15) is 14.0 Å². The highest BCUT2D eigenvalue weighted by molar-refractivity contribution is 6.00. The summed E-state index contributed by atoms with van der Waals surface area (Å²) < 4.78 is 13.1. The van der Waals surface area contributed by atoms with Gasteiger partial charge in [-0.05, 0) is 18.9 Å². The third-order valence-corrected chi connectivity index (χ3v) is 2.69. The maximum atomic E-state index is 13.1. The summed E-state index contributed by atoms with van der Waals surface area (Å²) in [5, 5.41) is 7.87. The highest BCUT2D eigenvalue weighted by Gasteiger charge is 2.23. The van der Waals surface area contributed by atoms with Crippen LogP contribution in [0.1, 0.15) is 23.2 Å². The maximum Gasteiger partial charge on any atom is 0.255 e. The van der Waals surface area contributed by atoms with Crippen LogP contribution in [0.4, 0.5) is 10.2 Å². The van der Waals surface area contributed by atoms with Gasteiger partial charge in [-0.15, -0.1) is 0 Å². The zero-order valence-electron chi connectivity index (χ0n) is 10.5. The molecule has 0 aliphatic heterocycles. The van der Waals surface area contributed by atoms with Gasteiger partial charge in [-0.25, -0.2) is 9.37 Å². The fourth-order valence-electron chi connectivity index (χ4n) is 1.57. The molecule has 6 nitrogen and oxygen atoms in total. The normalized spacial score (nSPS) is 13.8. The van der Waals surface area contributed by atoms with E-state index in [1.807, 2.05) is 0 Å². The first-order valence-electron chi connectivity index (χ1n) is 6.01. The van der Waals surface area contributed by atoms with Crippen LogP contribution in [0.5, 0.6) is 0 Å². The van der Waals surface area contributed by atoms with E-state index < -0.39 is 11.7 Å². The third kappa shape index (κ3) is 3.64. The molecule has 1 aliphatic carbocycles. The Balaban J connectivity index is 1.94. The SMILES string of the molecule is CNc1ncc(F)cc1C(=O)NCC(=O)NC1CC1. The monoisotopic (exact) mass is 266 g/mol. The van der Waals surface area contributed by atoms with Gasteiger partial charge in [-0.2, -0.15) is 0 Å². The molecule has 19 heavy (non-hydrogen) atoms. The molecule has 102 valence electrons. The summed E-state index contributed by atoms with van der Waals surface area (Å²) in [7, 11) is 1.58. The summed E-state index contributed by atoms with van der Waals surface area (Å²) in [4.78, 5) is 27.0. The Bertz CT molecular complexity index is 503. The predicted octanol–water partition coefficient (Wildman–Crippen LogP) is 0.271. The topological polar surface area (TPSA) is 83.1 Å². The molecular formula is C12H15FN4O2. The first-order valence-corrected chi connectivity index (χ1v) is 6.01. The van der Waals surface area contributed by atoms with Gasteiger partial charge in [-0.3, -0.25) is 9.59 Å². The lowest BCUT2D eigenvalue weighted by Crippen LogP contribution is -2.38. The van der Waals surface area contributed by atoms with E-state index in [1.165, 1.54) is 0 Å². The molecule has 0 atom stereocenters. The van der Waals surface area contributed by atoms with E-state index in [0.29, 0.717) is 0 Å². The molecule has 0 bridgehead atoms. The van der Waals surface area contributed by atoms with Gasteiger partial charge >= 0.3 is 0 Å². The van der Waals surface area contributed by atoms with Crippen molar-refractivity contribution in [3.8, 4) is 0 Å². The van der Waals surface area contributed by atoms with Crippen molar-refractivity contribution >= 4 is 17.6 Å². The highest BCUT2D eigenvalue weighted by Crippen LogP contribution is 2.18. The summed E-state index contributed by atoms with van der Waals surface area (Å²) >= 11 is 0. The number of carbonyl (C=O) groups excluding carboxylic acids is 2. The number of hydrogen-bond donors (Lipinski definition) is 3. The molecular weight excluding hydrogens is 251 g/mol. The molecule has 7 heteroatoms. The summed E-state index contributed by atoms with van der Waals surface area (Å²) in [5.74, 6) is -1.12. The Hall–Kier alpha value is -2.18. The van der Waals surface area contributed by atoms with Crippen LogP contribution in [0.25, 0.3) is 0 Å². The predicted molar refractivity (Wildman–Crippen MR) is 67.2 cm³/mol. The summed E-state index contributed by atoms with van der Waals surface area (Å²) in [6, 6.07) is 1.32. The van der Waals surface area contributed by atoms with Crippen molar-refractivity contribution in [1.82, 2.24) is 15.6 Å². The summed E-state index contributed by atoms with van der Waals surface area (Å²) in [5.41, 5.74) is 0.0710. The molecule has 1 aromatic rings. The Morgan fingerprint density at radius 2 is 2.21 bits per heavy atom. The van der Waals surface area contributed by atoms with E-state index in [-0.39, 0.29) is 29.9 Å². The largest absolute Gasteiger partial charge is 0.372 e. The quantitative estimate of drug-likeness (QED) is 0.714. The van der Waals surface area contributed by atoms with Crippen LogP contribution in [0.15, 0.2) is 12.3 Å². The van der Waals surface area contributed by atoms with Gasteiger partial charge in [0.05, 0.1) is 18.3 Å². The maximum absolute atomic E-state index is 13.1. The highest BCUT2D eigenvalue weighted by atomic mass is 19.1. The lowest BCUT2D eigenvalue weighted by atomic mass is 10.2. The average Bonchev–Trinajstić information content (AvgIpc) is 3.19. The van der Waals surface area contributed by atoms with Gasteiger partial charge < -0.3 is 16.0 Å². The van der Waals surface area contributed by atoms with Crippen LogP contribution in [0.2, 0.25) is 0 Å². The first kappa shape index (κ1) is 13.3. The number of aromatic nitrogens is 1. The third-order valence-electron chi connectivity index (χ3n) is 2.69. The fourth-order valence-corrected chi connectivity index (χ4v) is 1.57. The number of nitrogens with zero attached hydrogens (tertiary/aromatic N) is 1. The minimum absolute atomic E-state index is 0.0710. The van der Waals surface area contributed by atoms with Crippen molar-refractivity contribution in [2.24, 2.45) is 0 Å². The van der Waals surface area contributed by atoms with Crippen LogP contribution in [0.3, 0.4) is 0 Å². The molecule has 0 unspecified atom stereocenters. The molecule has 1 saturated carbocycles. The zero-order valence-corrected chi connectivity index (χ0v) is 10.5. The molecule has 0 aromatic carbocycles. The summed E-state index contributed by atoms with van der Waals surface area (Å²) in [6.07, 6.45) is 2.98. The number of rotatable bonds is 5. The Labute approximate surface area is 109 Å². The minimum Gasteiger partial charge on any atom is -0.372 e. The average molecular weight is 266 g/mol. The van der Waals surface area contributed by atoms with Crippen LogP contribution in [-0.2, 0) is 4.79 Å². The molecule has 0 spiro atoms. The van der Waals surface area contributed by atoms with Gasteiger partial charge in [-0.1, -0.05) is 0 Å². The van der Waals surface area contributed by atoms with E-state index >= 15 is 0 Å². The molecule has 0 saturated heterocycles. The second kappa shape index (κ2) is 5.64. The van der Waals surface area contributed by atoms with Crippen molar-refractivity contribution in [3.63, 3.8) is 0 Å². The fraction of sp³-hybridized carbons (Fsp3) is 0.417. The molecule has 2 rings (SSSR count). The van der Waals surface area contributed by atoms with Crippen LogP contribution in [0, 0.1) is 5.82 Å². The summed E-state index contributed by atoms with van der Waals surface area (Å²) in [6.45, 7) is -0.130. The van der Waals surface area contributed by atoms with Crippen molar-refractivity contribution in [1.29, 1.82) is 0 Å². The lowest BCUT2D eigenvalue weighted by molar-refractivity contribution is -0.120. The van der Waals surface area contributed by atoms with E-state index in [4.69, 9.17) is 0 Å². The van der Waals surface area contributed by atoms with Gasteiger partial charge in [0.1, 0.15) is 11.6 Å². The van der Waals surface area contributed by atoms with Crippen molar-refractivity contribution in [3.05, 3.63) is 23.6 Å². The molecule has 2 amide bonds. The van der Waals surface area contributed by atoms with Crippen molar-refractivity contribution in [2.75, 3.05) is 18.9 Å². The molecule has 1 heterocycles.